The molecule has 1 heterocycles. The van der Waals surface area contributed by atoms with Crippen molar-refractivity contribution in [3.05, 3.63) is 42.1 Å². The van der Waals surface area contributed by atoms with Crippen LogP contribution in [-0.4, -0.2) is 10.2 Å². The molecule has 1 aromatic heterocycles. The first kappa shape index (κ1) is 8.05. The maximum Gasteiger partial charge on any atom is 0.1000 e. The Morgan fingerprint density at radius 3 is 2.62 bits per heavy atom. The molecule has 2 rings (SSSR count). The summed E-state index contributed by atoms with van der Waals surface area (Å²) in [6.45, 7) is 2.15. The van der Waals surface area contributed by atoms with E-state index in [2.05, 4.69) is 47.5 Å². The molecular weight excluding hydrogens is 160 g/mol. The fourth-order valence-electron chi connectivity index (χ4n) is 1.28. The number of benzene rings is 1. The minimum absolute atomic E-state index is 0.877. The number of nitrogens with one attached hydrogen (secondary N) is 1. The monoisotopic (exact) mass is 171 g/mol. The van der Waals surface area contributed by atoms with Crippen LogP contribution in [0.15, 0.2) is 30.5 Å². The SMILES string of the molecule is CCc1ccc(-c2[c]c[nH]n2)cc1. The number of nitrogens with zero attached hydrogens (tertiary/aromatic N) is 1. The Labute approximate surface area is 77.6 Å². The number of aromatic amines is 1. The third-order valence-electron chi connectivity index (χ3n) is 2.09. The number of rotatable bonds is 2. The molecule has 0 atom stereocenters. The molecule has 0 saturated heterocycles. The maximum absolute atomic E-state index is 4.06. The third-order valence-corrected chi connectivity index (χ3v) is 2.09. The Hall–Kier alpha value is -1.57. The predicted octanol–water partition coefficient (Wildman–Crippen LogP) is 2.44. The molecule has 0 aliphatic carbocycles. The zero-order chi connectivity index (χ0) is 9.10. The number of H-pyrrole nitrogens is 1. The van der Waals surface area contributed by atoms with E-state index in [9.17, 15) is 0 Å². The van der Waals surface area contributed by atoms with Crippen molar-refractivity contribution in [2.75, 3.05) is 0 Å². The summed E-state index contributed by atoms with van der Waals surface area (Å²) in [7, 11) is 0. The first-order valence-electron chi connectivity index (χ1n) is 4.41. The van der Waals surface area contributed by atoms with Gasteiger partial charge in [-0.25, -0.2) is 0 Å². The molecule has 13 heavy (non-hydrogen) atoms. The summed E-state index contributed by atoms with van der Waals surface area (Å²) < 4.78 is 0. The molecular formula is C11H11N2. The summed E-state index contributed by atoms with van der Waals surface area (Å²) >= 11 is 0. The summed E-state index contributed by atoms with van der Waals surface area (Å²) in [6.07, 6.45) is 2.79. The number of aromatic nitrogens is 2. The van der Waals surface area contributed by atoms with Crippen LogP contribution in [0.5, 0.6) is 0 Å². The second-order valence-electron chi connectivity index (χ2n) is 2.93. The van der Waals surface area contributed by atoms with Crippen molar-refractivity contribution in [2.45, 2.75) is 13.3 Å². The average Bonchev–Trinajstić information content (AvgIpc) is 2.71. The van der Waals surface area contributed by atoms with Gasteiger partial charge in [0.2, 0.25) is 0 Å². The molecule has 0 fully saturated rings. The lowest BCUT2D eigenvalue weighted by atomic mass is 10.1. The van der Waals surface area contributed by atoms with Gasteiger partial charge in [0.15, 0.2) is 0 Å². The van der Waals surface area contributed by atoms with Crippen LogP contribution in [0.25, 0.3) is 11.3 Å². The molecule has 1 radical (unpaired) electrons. The van der Waals surface area contributed by atoms with Crippen LogP contribution in [0.2, 0.25) is 0 Å². The lowest BCUT2D eigenvalue weighted by molar-refractivity contribution is 1.09. The summed E-state index contributed by atoms with van der Waals surface area (Å²) in [5.74, 6) is 0. The molecule has 0 bridgehead atoms. The largest absolute Gasteiger partial charge is 0.284 e. The second kappa shape index (κ2) is 3.44. The molecule has 2 nitrogen and oxygen atoms in total. The first-order valence-corrected chi connectivity index (χ1v) is 4.41. The standard InChI is InChI=1S/C11H11N2/c1-2-9-3-5-10(6-4-9)11-7-8-12-13-11/h3-6,8H,2H2,1H3,(H,12,13). The quantitative estimate of drug-likeness (QED) is 0.738. The van der Waals surface area contributed by atoms with E-state index in [-0.39, 0.29) is 0 Å². The van der Waals surface area contributed by atoms with Gasteiger partial charge in [-0.3, -0.25) is 5.10 Å². The minimum atomic E-state index is 0.877. The molecule has 0 saturated carbocycles. The van der Waals surface area contributed by atoms with Gasteiger partial charge in [0, 0.05) is 17.8 Å². The summed E-state index contributed by atoms with van der Waals surface area (Å²) in [6, 6.07) is 11.4. The fraction of sp³-hybridized carbons (Fsp3) is 0.182. The van der Waals surface area contributed by atoms with Crippen LogP contribution in [0.3, 0.4) is 0 Å². The molecule has 2 heteroatoms. The van der Waals surface area contributed by atoms with Crippen molar-refractivity contribution in [1.82, 2.24) is 10.2 Å². The van der Waals surface area contributed by atoms with E-state index in [1.54, 1.807) is 6.20 Å². The first-order chi connectivity index (χ1) is 6.40. The summed E-state index contributed by atoms with van der Waals surface area (Å²) in [4.78, 5) is 0. The third kappa shape index (κ3) is 1.61. The lowest BCUT2D eigenvalue weighted by Gasteiger charge is -1.98. The Morgan fingerprint density at radius 1 is 1.31 bits per heavy atom. The molecule has 2 aromatic rings. The molecule has 0 amide bonds. The van der Waals surface area contributed by atoms with E-state index < -0.39 is 0 Å². The highest BCUT2D eigenvalue weighted by Gasteiger charge is 1.98. The highest BCUT2D eigenvalue weighted by Crippen LogP contribution is 2.15. The smallest absolute Gasteiger partial charge is 0.1000 e. The number of hydrogen-bond acceptors (Lipinski definition) is 1. The zero-order valence-corrected chi connectivity index (χ0v) is 7.54. The van der Waals surface area contributed by atoms with Crippen molar-refractivity contribution in [1.29, 1.82) is 0 Å². The Bertz CT molecular complexity index is 359. The highest BCUT2D eigenvalue weighted by atomic mass is 15.1. The zero-order valence-electron chi connectivity index (χ0n) is 7.54. The van der Waals surface area contributed by atoms with E-state index in [1.807, 2.05) is 0 Å². The Morgan fingerprint density at radius 2 is 2.08 bits per heavy atom. The van der Waals surface area contributed by atoms with Crippen LogP contribution in [0.4, 0.5) is 0 Å². The van der Waals surface area contributed by atoms with Gasteiger partial charge in [-0.1, -0.05) is 31.2 Å². The minimum Gasteiger partial charge on any atom is -0.284 e. The van der Waals surface area contributed by atoms with Crippen molar-refractivity contribution < 1.29 is 0 Å². The van der Waals surface area contributed by atoms with Crippen LogP contribution < -0.4 is 0 Å². The van der Waals surface area contributed by atoms with Crippen molar-refractivity contribution >= 4 is 0 Å². The number of aryl methyl sites for hydroxylation is 1. The van der Waals surface area contributed by atoms with E-state index in [1.165, 1.54) is 5.56 Å². The topological polar surface area (TPSA) is 28.7 Å². The molecule has 0 aliphatic heterocycles. The van der Waals surface area contributed by atoms with Crippen LogP contribution in [0, 0.1) is 6.07 Å². The second-order valence-corrected chi connectivity index (χ2v) is 2.93. The molecule has 0 spiro atoms. The fourth-order valence-corrected chi connectivity index (χ4v) is 1.28. The molecule has 1 aromatic carbocycles. The normalized spacial score (nSPS) is 10.2. The molecule has 0 aliphatic rings. The van der Waals surface area contributed by atoms with Crippen molar-refractivity contribution in [3.8, 4) is 11.3 Å². The summed E-state index contributed by atoms with van der Waals surface area (Å²) in [5.41, 5.74) is 3.33. The Kier molecular flexibility index (Phi) is 2.13. The average molecular weight is 171 g/mol. The summed E-state index contributed by atoms with van der Waals surface area (Å²) in [5, 5.41) is 6.81. The number of hydrogen-bond donors (Lipinski definition) is 1. The Balaban J connectivity index is 2.33. The van der Waals surface area contributed by atoms with Gasteiger partial charge in [0.1, 0.15) is 0 Å². The van der Waals surface area contributed by atoms with Gasteiger partial charge < -0.3 is 0 Å². The molecule has 65 valence electrons. The van der Waals surface area contributed by atoms with Gasteiger partial charge in [-0.15, -0.1) is 0 Å². The van der Waals surface area contributed by atoms with E-state index in [0.717, 1.165) is 17.7 Å². The van der Waals surface area contributed by atoms with Gasteiger partial charge in [0.05, 0.1) is 5.69 Å². The van der Waals surface area contributed by atoms with E-state index in [4.69, 9.17) is 0 Å². The van der Waals surface area contributed by atoms with Crippen molar-refractivity contribution in [2.24, 2.45) is 0 Å². The van der Waals surface area contributed by atoms with Gasteiger partial charge in [-0.2, -0.15) is 5.10 Å². The maximum atomic E-state index is 4.06. The lowest BCUT2D eigenvalue weighted by Crippen LogP contribution is -1.81. The van der Waals surface area contributed by atoms with Gasteiger partial charge in [0.25, 0.3) is 0 Å². The molecule has 1 N–H and O–H groups in total. The highest BCUT2D eigenvalue weighted by molar-refractivity contribution is 5.57. The van der Waals surface area contributed by atoms with E-state index >= 15 is 0 Å². The van der Waals surface area contributed by atoms with Crippen LogP contribution in [-0.2, 0) is 6.42 Å². The van der Waals surface area contributed by atoms with Crippen molar-refractivity contribution in [3.63, 3.8) is 0 Å². The van der Waals surface area contributed by atoms with Crippen LogP contribution >= 0.6 is 0 Å². The van der Waals surface area contributed by atoms with Gasteiger partial charge >= 0.3 is 0 Å². The van der Waals surface area contributed by atoms with E-state index in [0.29, 0.717) is 0 Å². The van der Waals surface area contributed by atoms with Gasteiger partial charge in [-0.05, 0) is 12.0 Å². The molecule has 0 unspecified atom stereocenters. The predicted molar refractivity (Wildman–Crippen MR) is 52.2 cm³/mol. The van der Waals surface area contributed by atoms with Crippen LogP contribution in [0.1, 0.15) is 12.5 Å².